The first kappa shape index (κ1) is 11.1. The summed E-state index contributed by atoms with van der Waals surface area (Å²) < 4.78 is 0. The van der Waals surface area contributed by atoms with E-state index in [1.807, 2.05) is 0 Å². The summed E-state index contributed by atoms with van der Waals surface area (Å²) in [5.74, 6) is 2.89. The molecule has 1 aliphatic rings. The Labute approximate surface area is 84.1 Å². The van der Waals surface area contributed by atoms with Crippen LogP contribution in [-0.2, 0) is 0 Å². The van der Waals surface area contributed by atoms with Gasteiger partial charge >= 0.3 is 0 Å². The van der Waals surface area contributed by atoms with Gasteiger partial charge in [-0.25, -0.2) is 0 Å². The van der Waals surface area contributed by atoms with Crippen molar-refractivity contribution >= 4 is 0 Å². The van der Waals surface area contributed by atoms with E-state index in [1.54, 1.807) is 0 Å². The molecule has 0 nitrogen and oxygen atoms in total. The van der Waals surface area contributed by atoms with Gasteiger partial charge in [-0.15, -0.1) is 0 Å². The van der Waals surface area contributed by atoms with Crippen molar-refractivity contribution in [3.8, 4) is 0 Å². The second kappa shape index (κ2) is 4.02. The molecule has 0 saturated heterocycles. The lowest BCUT2D eigenvalue weighted by Gasteiger charge is -2.45. The van der Waals surface area contributed by atoms with Gasteiger partial charge in [0, 0.05) is 0 Å². The first-order chi connectivity index (χ1) is 6.01. The standard InChI is InChI=1S/C13H26/c1-6-11-8-12(7-2)10(3)13(4,5)9-11/h10-12H,6-9H2,1-5H3. The molecule has 0 aromatic carbocycles. The number of rotatable bonds is 2. The zero-order valence-corrected chi connectivity index (χ0v) is 10.1. The van der Waals surface area contributed by atoms with Gasteiger partial charge in [-0.05, 0) is 36.0 Å². The van der Waals surface area contributed by atoms with Crippen LogP contribution in [0, 0.1) is 23.2 Å². The van der Waals surface area contributed by atoms with E-state index in [0.29, 0.717) is 5.41 Å². The molecule has 0 amide bonds. The molecule has 0 aromatic heterocycles. The second-order valence-electron chi connectivity index (χ2n) is 5.66. The van der Waals surface area contributed by atoms with Gasteiger partial charge in [0.2, 0.25) is 0 Å². The van der Waals surface area contributed by atoms with E-state index in [2.05, 4.69) is 34.6 Å². The average Bonchev–Trinajstić information content (AvgIpc) is 2.09. The molecule has 0 aromatic rings. The van der Waals surface area contributed by atoms with Crippen LogP contribution in [0.15, 0.2) is 0 Å². The molecule has 0 N–H and O–H groups in total. The molecule has 0 radical (unpaired) electrons. The maximum Gasteiger partial charge on any atom is -0.0323 e. The van der Waals surface area contributed by atoms with Crippen molar-refractivity contribution in [2.24, 2.45) is 23.2 Å². The van der Waals surface area contributed by atoms with Gasteiger partial charge in [-0.2, -0.15) is 0 Å². The van der Waals surface area contributed by atoms with Gasteiger partial charge < -0.3 is 0 Å². The molecule has 3 atom stereocenters. The van der Waals surface area contributed by atoms with Crippen LogP contribution >= 0.6 is 0 Å². The third-order valence-electron chi connectivity index (χ3n) is 4.49. The van der Waals surface area contributed by atoms with E-state index in [1.165, 1.54) is 25.7 Å². The number of hydrogen-bond acceptors (Lipinski definition) is 0. The van der Waals surface area contributed by atoms with Crippen LogP contribution in [0.4, 0.5) is 0 Å². The van der Waals surface area contributed by atoms with Crippen molar-refractivity contribution in [2.75, 3.05) is 0 Å². The molecule has 1 saturated carbocycles. The minimum atomic E-state index is 0.583. The fourth-order valence-corrected chi connectivity index (χ4v) is 3.11. The van der Waals surface area contributed by atoms with Crippen molar-refractivity contribution in [2.45, 2.75) is 60.3 Å². The Morgan fingerprint density at radius 1 is 1.15 bits per heavy atom. The van der Waals surface area contributed by atoms with Crippen LogP contribution in [-0.4, -0.2) is 0 Å². The predicted molar refractivity (Wildman–Crippen MR) is 59.7 cm³/mol. The summed E-state index contributed by atoms with van der Waals surface area (Å²) in [5, 5.41) is 0. The highest BCUT2D eigenvalue weighted by molar-refractivity contribution is 4.88. The Morgan fingerprint density at radius 2 is 1.77 bits per heavy atom. The highest BCUT2D eigenvalue weighted by Gasteiger charge is 2.38. The molecule has 0 spiro atoms. The van der Waals surface area contributed by atoms with Gasteiger partial charge in [-0.1, -0.05) is 47.5 Å². The third-order valence-corrected chi connectivity index (χ3v) is 4.49. The first-order valence-corrected chi connectivity index (χ1v) is 6.01. The summed E-state index contributed by atoms with van der Waals surface area (Å²) in [7, 11) is 0. The zero-order valence-electron chi connectivity index (χ0n) is 10.1. The first-order valence-electron chi connectivity index (χ1n) is 6.01. The zero-order chi connectivity index (χ0) is 10.1. The van der Waals surface area contributed by atoms with E-state index in [4.69, 9.17) is 0 Å². The number of hydrogen-bond donors (Lipinski definition) is 0. The molecule has 13 heavy (non-hydrogen) atoms. The van der Waals surface area contributed by atoms with Crippen LogP contribution in [0.1, 0.15) is 60.3 Å². The van der Waals surface area contributed by atoms with E-state index in [0.717, 1.165) is 17.8 Å². The van der Waals surface area contributed by atoms with Crippen molar-refractivity contribution in [1.29, 1.82) is 0 Å². The van der Waals surface area contributed by atoms with E-state index >= 15 is 0 Å². The van der Waals surface area contributed by atoms with Gasteiger partial charge in [0.15, 0.2) is 0 Å². The summed E-state index contributed by atoms with van der Waals surface area (Å²) in [6.07, 6.45) is 5.69. The normalized spacial score (nSPS) is 39.0. The second-order valence-corrected chi connectivity index (χ2v) is 5.66. The van der Waals surface area contributed by atoms with Crippen LogP contribution in [0.5, 0.6) is 0 Å². The largest absolute Gasteiger partial charge is 0.0651 e. The van der Waals surface area contributed by atoms with Crippen molar-refractivity contribution in [3.63, 3.8) is 0 Å². The maximum absolute atomic E-state index is 2.46. The quantitative estimate of drug-likeness (QED) is 0.590. The summed E-state index contributed by atoms with van der Waals surface area (Å²) in [6.45, 7) is 12.1. The molecule has 1 aliphatic carbocycles. The van der Waals surface area contributed by atoms with Gasteiger partial charge in [0.1, 0.15) is 0 Å². The Hall–Kier alpha value is 0. The lowest BCUT2D eigenvalue weighted by atomic mass is 9.60. The SMILES string of the molecule is CCC1CC(CC)C(C)C(C)(C)C1. The lowest BCUT2D eigenvalue weighted by molar-refractivity contribution is 0.0452. The highest BCUT2D eigenvalue weighted by atomic mass is 14.4. The molecule has 1 fully saturated rings. The van der Waals surface area contributed by atoms with Crippen LogP contribution in [0.25, 0.3) is 0 Å². The minimum Gasteiger partial charge on any atom is -0.0651 e. The topological polar surface area (TPSA) is 0 Å². The van der Waals surface area contributed by atoms with Crippen LogP contribution < -0.4 is 0 Å². The van der Waals surface area contributed by atoms with E-state index in [-0.39, 0.29) is 0 Å². The molecular weight excluding hydrogens is 156 g/mol. The average molecular weight is 182 g/mol. The fourth-order valence-electron chi connectivity index (χ4n) is 3.11. The summed E-state index contributed by atoms with van der Waals surface area (Å²) >= 11 is 0. The molecule has 0 heterocycles. The molecule has 0 heteroatoms. The Kier molecular flexibility index (Phi) is 3.43. The summed E-state index contributed by atoms with van der Waals surface area (Å²) in [4.78, 5) is 0. The van der Waals surface area contributed by atoms with Crippen LogP contribution in [0.2, 0.25) is 0 Å². The summed E-state index contributed by atoms with van der Waals surface area (Å²) in [6, 6.07) is 0. The molecule has 3 unspecified atom stereocenters. The monoisotopic (exact) mass is 182 g/mol. The Bertz CT molecular complexity index is 157. The smallest absolute Gasteiger partial charge is 0.0323 e. The minimum absolute atomic E-state index is 0.583. The highest BCUT2D eigenvalue weighted by Crippen LogP contribution is 2.48. The van der Waals surface area contributed by atoms with Gasteiger partial charge in [0.05, 0.1) is 0 Å². The molecule has 0 bridgehead atoms. The fraction of sp³-hybridized carbons (Fsp3) is 1.00. The molecule has 1 rings (SSSR count). The van der Waals surface area contributed by atoms with Crippen LogP contribution in [0.3, 0.4) is 0 Å². The van der Waals surface area contributed by atoms with Crippen molar-refractivity contribution in [1.82, 2.24) is 0 Å². The Morgan fingerprint density at radius 3 is 2.23 bits per heavy atom. The molecule has 78 valence electrons. The molecular formula is C13H26. The van der Waals surface area contributed by atoms with E-state index < -0.39 is 0 Å². The van der Waals surface area contributed by atoms with Gasteiger partial charge in [0.25, 0.3) is 0 Å². The van der Waals surface area contributed by atoms with Gasteiger partial charge in [-0.3, -0.25) is 0 Å². The van der Waals surface area contributed by atoms with Crippen molar-refractivity contribution in [3.05, 3.63) is 0 Å². The van der Waals surface area contributed by atoms with Crippen molar-refractivity contribution < 1.29 is 0 Å². The van der Waals surface area contributed by atoms with E-state index in [9.17, 15) is 0 Å². The molecule has 0 aliphatic heterocycles. The third kappa shape index (κ3) is 2.27. The predicted octanol–water partition coefficient (Wildman–Crippen LogP) is 4.49. The summed E-state index contributed by atoms with van der Waals surface area (Å²) in [5.41, 5.74) is 0.583. The lowest BCUT2D eigenvalue weighted by Crippen LogP contribution is -2.36. The maximum atomic E-state index is 2.46. The Balaban J connectivity index is 2.69.